The van der Waals surface area contributed by atoms with Gasteiger partial charge in [0, 0.05) is 45.5 Å². The van der Waals surface area contributed by atoms with Crippen LogP contribution in [-0.4, -0.2) is 50.3 Å². The summed E-state index contributed by atoms with van der Waals surface area (Å²) in [6.45, 7) is 0.783. The van der Waals surface area contributed by atoms with Crippen LogP contribution in [0.1, 0.15) is 6.42 Å². The molecule has 0 aliphatic carbocycles. The highest BCUT2D eigenvalue weighted by Crippen LogP contribution is 2.23. The minimum atomic E-state index is -3.64. The number of rotatable bonds is 3. The molecular weight excluding hydrogens is 268 g/mol. The van der Waals surface area contributed by atoms with E-state index in [9.17, 15) is 13.2 Å². The van der Waals surface area contributed by atoms with Gasteiger partial charge < -0.3 is 10.6 Å². The monoisotopic (exact) mass is 284 g/mol. The molecule has 0 spiro atoms. The average molecular weight is 284 g/mol. The second-order valence-electron chi connectivity index (χ2n) is 4.13. The maximum absolute atomic E-state index is 12.5. The smallest absolute Gasteiger partial charge is 0.246 e. The Morgan fingerprint density at radius 2 is 2.21 bits per heavy atom. The number of nitrogens with zero attached hydrogens (tertiary/aromatic N) is 2. The molecule has 1 amide bonds. The summed E-state index contributed by atoms with van der Waals surface area (Å²) in [6, 6.07) is 1.61. The lowest BCUT2D eigenvalue weighted by Crippen LogP contribution is -2.34. The van der Waals surface area contributed by atoms with E-state index in [0.717, 1.165) is 0 Å². The predicted octanol–water partition coefficient (Wildman–Crippen LogP) is -0.366. The van der Waals surface area contributed by atoms with Gasteiger partial charge in [0.1, 0.15) is 4.90 Å². The van der Waals surface area contributed by atoms with Gasteiger partial charge in [-0.15, -0.1) is 0 Å². The highest BCUT2D eigenvalue weighted by molar-refractivity contribution is 7.89. The number of anilines is 1. The summed E-state index contributed by atoms with van der Waals surface area (Å²) in [4.78, 5) is 15.3. The first kappa shape index (κ1) is 13.8. The summed E-state index contributed by atoms with van der Waals surface area (Å²) in [5, 5.41) is 5.49. The zero-order chi connectivity index (χ0) is 13.9. The van der Waals surface area contributed by atoms with Crippen LogP contribution < -0.4 is 10.6 Å². The third-order valence-corrected chi connectivity index (χ3v) is 4.87. The minimum Gasteiger partial charge on any atom is -0.387 e. The highest BCUT2D eigenvalue weighted by Gasteiger charge is 2.28. The van der Waals surface area contributed by atoms with Gasteiger partial charge in [0.2, 0.25) is 15.9 Å². The summed E-state index contributed by atoms with van der Waals surface area (Å²) in [5.41, 5.74) is 0.499. The van der Waals surface area contributed by atoms with Gasteiger partial charge in [-0.2, -0.15) is 4.31 Å². The fourth-order valence-corrected chi connectivity index (χ4v) is 3.50. The van der Waals surface area contributed by atoms with Crippen LogP contribution in [0, 0.1) is 0 Å². The Balaban J connectivity index is 2.33. The van der Waals surface area contributed by atoms with E-state index in [2.05, 4.69) is 15.6 Å². The number of carbonyl (C=O) groups is 1. The Kier molecular flexibility index (Phi) is 4.01. The summed E-state index contributed by atoms with van der Waals surface area (Å²) in [7, 11) is -1.98. The van der Waals surface area contributed by atoms with Crippen LogP contribution in [0.3, 0.4) is 0 Å². The normalized spacial score (nSPS) is 17.6. The maximum atomic E-state index is 12.5. The second kappa shape index (κ2) is 5.54. The van der Waals surface area contributed by atoms with Crippen LogP contribution in [0.2, 0.25) is 0 Å². The molecule has 7 nitrogen and oxygen atoms in total. The molecule has 1 aromatic rings. The van der Waals surface area contributed by atoms with E-state index in [4.69, 9.17) is 0 Å². The topological polar surface area (TPSA) is 91.4 Å². The zero-order valence-corrected chi connectivity index (χ0v) is 11.4. The van der Waals surface area contributed by atoms with Crippen LogP contribution in [0.15, 0.2) is 23.4 Å². The molecule has 19 heavy (non-hydrogen) atoms. The molecule has 1 saturated heterocycles. The first-order valence-electron chi connectivity index (χ1n) is 5.94. The number of sulfonamides is 1. The van der Waals surface area contributed by atoms with Crippen molar-refractivity contribution in [3.63, 3.8) is 0 Å². The standard InChI is InChI=1S/C11H16N4O3S/c1-12-9-2-4-13-8-10(9)19(17,18)15-6-3-11(16)14-5-7-15/h2,4,8H,3,5-7H2,1H3,(H,12,13)(H,14,16). The molecule has 2 heterocycles. The number of amides is 1. The van der Waals surface area contributed by atoms with Crippen molar-refractivity contribution in [2.45, 2.75) is 11.3 Å². The van der Waals surface area contributed by atoms with Crippen LogP contribution >= 0.6 is 0 Å². The van der Waals surface area contributed by atoms with E-state index in [-0.39, 0.29) is 30.3 Å². The van der Waals surface area contributed by atoms with Gasteiger partial charge in [-0.05, 0) is 6.07 Å². The van der Waals surface area contributed by atoms with Crippen LogP contribution in [-0.2, 0) is 14.8 Å². The van der Waals surface area contributed by atoms with E-state index in [0.29, 0.717) is 12.2 Å². The number of hydrogen-bond donors (Lipinski definition) is 2. The summed E-state index contributed by atoms with van der Waals surface area (Å²) >= 11 is 0. The molecule has 0 aromatic carbocycles. The largest absolute Gasteiger partial charge is 0.387 e. The van der Waals surface area contributed by atoms with Gasteiger partial charge in [0.25, 0.3) is 0 Å². The van der Waals surface area contributed by atoms with Gasteiger partial charge >= 0.3 is 0 Å². The number of aromatic nitrogens is 1. The molecule has 1 aliphatic heterocycles. The average Bonchev–Trinajstić information content (AvgIpc) is 2.64. The summed E-state index contributed by atoms with van der Waals surface area (Å²) < 4.78 is 26.4. The lowest BCUT2D eigenvalue weighted by atomic mass is 10.4. The molecule has 0 bridgehead atoms. The van der Waals surface area contributed by atoms with Crippen molar-refractivity contribution >= 4 is 21.6 Å². The summed E-state index contributed by atoms with van der Waals surface area (Å²) in [6.07, 6.45) is 3.02. The maximum Gasteiger partial charge on any atom is 0.246 e. The van der Waals surface area contributed by atoms with Crippen molar-refractivity contribution in [3.8, 4) is 0 Å². The Morgan fingerprint density at radius 1 is 1.42 bits per heavy atom. The first-order chi connectivity index (χ1) is 9.05. The van der Waals surface area contributed by atoms with Gasteiger partial charge in [0.05, 0.1) is 5.69 Å². The van der Waals surface area contributed by atoms with Crippen molar-refractivity contribution in [1.29, 1.82) is 0 Å². The molecule has 104 valence electrons. The molecule has 8 heteroatoms. The molecule has 2 N–H and O–H groups in total. The van der Waals surface area contributed by atoms with Crippen molar-refractivity contribution in [1.82, 2.24) is 14.6 Å². The van der Waals surface area contributed by atoms with Gasteiger partial charge in [-0.25, -0.2) is 8.42 Å². The number of carbonyl (C=O) groups excluding carboxylic acids is 1. The molecule has 0 atom stereocenters. The molecule has 1 fully saturated rings. The predicted molar refractivity (Wildman–Crippen MR) is 70.2 cm³/mol. The van der Waals surface area contributed by atoms with Crippen LogP contribution in [0.4, 0.5) is 5.69 Å². The van der Waals surface area contributed by atoms with Gasteiger partial charge in [-0.3, -0.25) is 9.78 Å². The molecule has 0 saturated carbocycles. The zero-order valence-electron chi connectivity index (χ0n) is 10.6. The molecular formula is C11H16N4O3S. The molecule has 1 aliphatic rings. The lowest BCUT2D eigenvalue weighted by molar-refractivity contribution is -0.120. The minimum absolute atomic E-state index is 0.127. The Labute approximate surface area is 112 Å². The molecule has 0 unspecified atom stereocenters. The highest BCUT2D eigenvalue weighted by atomic mass is 32.2. The van der Waals surface area contributed by atoms with Gasteiger partial charge in [0.15, 0.2) is 0 Å². The number of nitrogens with one attached hydrogen (secondary N) is 2. The van der Waals surface area contributed by atoms with Crippen LogP contribution in [0.25, 0.3) is 0 Å². The first-order valence-corrected chi connectivity index (χ1v) is 7.38. The number of pyridine rings is 1. The third kappa shape index (κ3) is 2.85. The lowest BCUT2D eigenvalue weighted by Gasteiger charge is -2.20. The number of hydrogen-bond acceptors (Lipinski definition) is 5. The molecule has 0 radical (unpaired) electrons. The fourth-order valence-electron chi connectivity index (χ4n) is 1.92. The van der Waals surface area contributed by atoms with E-state index in [1.165, 1.54) is 16.7 Å². The van der Waals surface area contributed by atoms with Crippen molar-refractivity contribution in [3.05, 3.63) is 18.5 Å². The molecule has 1 aromatic heterocycles. The quantitative estimate of drug-likeness (QED) is 0.790. The Bertz CT molecular complexity index is 573. The fraction of sp³-hybridized carbons (Fsp3) is 0.455. The van der Waals surface area contributed by atoms with Crippen molar-refractivity contribution in [2.75, 3.05) is 32.0 Å². The second-order valence-corrected chi connectivity index (χ2v) is 6.03. The summed E-state index contributed by atoms with van der Waals surface area (Å²) in [5.74, 6) is -0.127. The van der Waals surface area contributed by atoms with E-state index in [1.54, 1.807) is 13.1 Å². The SMILES string of the molecule is CNc1ccncc1S(=O)(=O)N1CCNC(=O)CC1. The van der Waals surface area contributed by atoms with Gasteiger partial charge in [-0.1, -0.05) is 0 Å². The van der Waals surface area contributed by atoms with Crippen molar-refractivity contribution in [2.24, 2.45) is 0 Å². The molecule has 2 rings (SSSR count). The van der Waals surface area contributed by atoms with E-state index >= 15 is 0 Å². The third-order valence-electron chi connectivity index (χ3n) is 2.94. The van der Waals surface area contributed by atoms with Crippen LogP contribution in [0.5, 0.6) is 0 Å². The van der Waals surface area contributed by atoms with E-state index in [1.807, 2.05) is 0 Å². The van der Waals surface area contributed by atoms with Crippen molar-refractivity contribution < 1.29 is 13.2 Å². The Morgan fingerprint density at radius 3 is 2.95 bits per heavy atom. The van der Waals surface area contributed by atoms with E-state index < -0.39 is 10.0 Å². The Hall–Kier alpha value is -1.67.